The van der Waals surface area contributed by atoms with Crippen LogP contribution in [0.4, 0.5) is 0 Å². The molecule has 0 spiro atoms. The summed E-state index contributed by atoms with van der Waals surface area (Å²) in [6.45, 7) is 6.34. The van der Waals surface area contributed by atoms with Crippen LogP contribution < -0.4 is 5.63 Å². The molecule has 8 heteroatoms. The average Bonchev–Trinajstić information content (AvgIpc) is 2.80. The quantitative estimate of drug-likeness (QED) is 0.410. The van der Waals surface area contributed by atoms with Crippen molar-refractivity contribution < 1.29 is 22.4 Å². The van der Waals surface area contributed by atoms with Gasteiger partial charge in [-0.2, -0.15) is 4.31 Å². The second-order valence-electron chi connectivity index (χ2n) is 8.50. The molecule has 2 heterocycles. The van der Waals surface area contributed by atoms with Gasteiger partial charge in [0.25, 0.3) is 0 Å². The number of piperidine rings is 1. The molecule has 0 N–H and O–H groups in total. The zero-order valence-corrected chi connectivity index (χ0v) is 19.8. The van der Waals surface area contributed by atoms with Crippen molar-refractivity contribution in [3.63, 3.8) is 0 Å². The van der Waals surface area contributed by atoms with Crippen LogP contribution >= 0.6 is 0 Å². The second-order valence-corrected chi connectivity index (χ2v) is 10.4. The molecular weight excluding hydrogens is 442 g/mol. The summed E-state index contributed by atoms with van der Waals surface area (Å²) in [5.74, 6) is -0.657. The van der Waals surface area contributed by atoms with E-state index in [1.165, 1.54) is 16.4 Å². The van der Waals surface area contributed by atoms with Crippen molar-refractivity contribution >= 4 is 27.0 Å². The van der Waals surface area contributed by atoms with Crippen LogP contribution in [0.15, 0.2) is 50.5 Å². The molecule has 0 unspecified atom stereocenters. The van der Waals surface area contributed by atoms with Gasteiger partial charge in [-0.15, -0.1) is 0 Å². The van der Waals surface area contributed by atoms with Gasteiger partial charge in [0.05, 0.1) is 10.5 Å². The Bertz CT molecular complexity index is 1380. The smallest absolute Gasteiger partial charge is 0.338 e. The highest BCUT2D eigenvalue weighted by atomic mass is 32.2. The van der Waals surface area contributed by atoms with Crippen molar-refractivity contribution in [3.05, 3.63) is 74.6 Å². The van der Waals surface area contributed by atoms with E-state index in [0.717, 1.165) is 30.4 Å². The van der Waals surface area contributed by atoms with Gasteiger partial charge in [0, 0.05) is 30.1 Å². The summed E-state index contributed by atoms with van der Waals surface area (Å²) < 4.78 is 38.6. The molecule has 174 valence electrons. The van der Waals surface area contributed by atoms with Gasteiger partial charge in [0.15, 0.2) is 0 Å². The number of hydrogen-bond acceptors (Lipinski definition) is 6. The van der Waals surface area contributed by atoms with Crippen LogP contribution in [0.3, 0.4) is 0 Å². The zero-order chi connectivity index (χ0) is 23.8. The molecule has 1 aliphatic heterocycles. The first-order valence-electron chi connectivity index (χ1n) is 11.0. The summed E-state index contributed by atoms with van der Waals surface area (Å²) in [7, 11) is -3.69. The van der Waals surface area contributed by atoms with Crippen molar-refractivity contribution in [1.29, 1.82) is 0 Å². The molecule has 0 bridgehead atoms. The molecule has 2 aromatic carbocycles. The van der Waals surface area contributed by atoms with Gasteiger partial charge in [0.1, 0.15) is 12.2 Å². The highest BCUT2D eigenvalue weighted by Gasteiger charge is 2.28. The minimum absolute atomic E-state index is 0.121. The molecule has 4 rings (SSSR count). The standard InChI is InChI=1S/C25H27NO6S/c1-16-8-10-21-20(14-23(27)32-24(21)18(16)3)15-31-25(28)19-9-7-17(2)22(13-19)33(29,30)26-11-5-4-6-12-26/h7-10,13-14H,4-6,11-12,15H2,1-3H3. The largest absolute Gasteiger partial charge is 0.457 e. The zero-order valence-electron chi connectivity index (χ0n) is 19.0. The number of carbonyl (C=O) groups excluding carboxylic acids is 1. The molecule has 3 aromatic rings. The minimum atomic E-state index is -3.69. The Hall–Kier alpha value is -2.97. The number of fused-ring (bicyclic) bond motifs is 1. The number of hydrogen-bond donors (Lipinski definition) is 0. The average molecular weight is 470 g/mol. The van der Waals surface area contributed by atoms with Crippen molar-refractivity contribution in [2.75, 3.05) is 13.1 Å². The number of benzene rings is 2. The maximum absolute atomic E-state index is 13.1. The van der Waals surface area contributed by atoms with Gasteiger partial charge < -0.3 is 9.15 Å². The third-order valence-corrected chi connectivity index (χ3v) is 8.27. The van der Waals surface area contributed by atoms with Crippen molar-refractivity contribution in [2.45, 2.75) is 51.5 Å². The number of aryl methyl sites for hydroxylation is 3. The van der Waals surface area contributed by atoms with Crippen molar-refractivity contribution in [2.24, 2.45) is 0 Å². The van der Waals surface area contributed by atoms with E-state index in [4.69, 9.17) is 9.15 Å². The molecule has 0 radical (unpaired) electrons. The third-order valence-electron chi connectivity index (χ3n) is 6.23. The Labute approximate surface area is 193 Å². The second kappa shape index (κ2) is 9.11. The number of nitrogens with zero attached hydrogens (tertiary/aromatic N) is 1. The molecule has 0 amide bonds. The topological polar surface area (TPSA) is 93.9 Å². The van der Waals surface area contributed by atoms with Gasteiger partial charge in [-0.25, -0.2) is 18.0 Å². The molecule has 1 aliphatic rings. The Balaban J connectivity index is 1.60. The molecule has 1 saturated heterocycles. The molecular formula is C25H27NO6S. The van der Waals surface area contributed by atoms with Crippen LogP contribution in [0.1, 0.15) is 51.9 Å². The lowest BCUT2D eigenvalue weighted by Crippen LogP contribution is -2.36. The highest BCUT2D eigenvalue weighted by molar-refractivity contribution is 7.89. The first-order valence-corrected chi connectivity index (χ1v) is 12.4. The lowest BCUT2D eigenvalue weighted by Gasteiger charge is -2.26. The lowest BCUT2D eigenvalue weighted by atomic mass is 10.0. The van der Waals surface area contributed by atoms with Crippen LogP contribution in [0, 0.1) is 20.8 Å². The number of ether oxygens (including phenoxy) is 1. The van der Waals surface area contributed by atoms with Gasteiger partial charge in [-0.05, 0) is 62.4 Å². The van der Waals surface area contributed by atoms with E-state index < -0.39 is 21.6 Å². The number of rotatable bonds is 5. The minimum Gasteiger partial charge on any atom is -0.457 e. The molecule has 0 atom stereocenters. The maximum atomic E-state index is 13.1. The Kier molecular flexibility index (Phi) is 6.41. The lowest BCUT2D eigenvalue weighted by molar-refractivity contribution is 0.0473. The van der Waals surface area contributed by atoms with E-state index in [0.29, 0.717) is 35.2 Å². The summed E-state index contributed by atoms with van der Waals surface area (Å²) in [6.07, 6.45) is 2.68. The predicted molar refractivity (Wildman–Crippen MR) is 125 cm³/mol. The third kappa shape index (κ3) is 4.58. The van der Waals surface area contributed by atoms with Crippen LogP contribution in [0.25, 0.3) is 11.0 Å². The summed E-state index contributed by atoms with van der Waals surface area (Å²) in [5, 5.41) is 0.697. The highest BCUT2D eigenvalue weighted by Crippen LogP contribution is 2.26. The van der Waals surface area contributed by atoms with Crippen molar-refractivity contribution in [3.8, 4) is 0 Å². The fourth-order valence-corrected chi connectivity index (χ4v) is 5.89. The van der Waals surface area contributed by atoms with Gasteiger partial charge >= 0.3 is 11.6 Å². The van der Waals surface area contributed by atoms with Gasteiger partial charge in [0.2, 0.25) is 10.0 Å². The predicted octanol–water partition coefficient (Wildman–Crippen LogP) is 4.25. The Morgan fingerprint density at radius 1 is 1.00 bits per heavy atom. The first kappa shape index (κ1) is 23.2. The summed E-state index contributed by atoms with van der Waals surface area (Å²) in [5.41, 5.74) is 3.05. The Morgan fingerprint density at radius 3 is 2.42 bits per heavy atom. The summed E-state index contributed by atoms with van der Waals surface area (Å²) in [6, 6.07) is 9.61. The molecule has 1 fully saturated rings. The maximum Gasteiger partial charge on any atom is 0.338 e. The SMILES string of the molecule is Cc1ccc(C(=O)OCc2cc(=O)oc3c(C)c(C)ccc23)cc1S(=O)(=O)N1CCCCC1. The number of esters is 1. The molecule has 0 saturated carbocycles. The fraction of sp³-hybridized carbons (Fsp3) is 0.360. The summed E-state index contributed by atoms with van der Waals surface area (Å²) >= 11 is 0. The fourth-order valence-electron chi connectivity index (χ4n) is 4.12. The number of carbonyl (C=O) groups is 1. The van der Waals surface area contributed by atoms with Crippen LogP contribution in [0.5, 0.6) is 0 Å². The normalized spacial score (nSPS) is 15.0. The van der Waals surface area contributed by atoms with E-state index in [1.807, 2.05) is 26.0 Å². The first-order chi connectivity index (χ1) is 15.7. The summed E-state index contributed by atoms with van der Waals surface area (Å²) in [4.78, 5) is 25.0. The molecule has 7 nitrogen and oxygen atoms in total. The molecule has 1 aromatic heterocycles. The van der Waals surface area contributed by atoms with E-state index in [1.54, 1.807) is 19.1 Å². The van der Waals surface area contributed by atoms with E-state index in [-0.39, 0.29) is 17.1 Å². The van der Waals surface area contributed by atoms with Crippen LogP contribution in [-0.2, 0) is 21.4 Å². The van der Waals surface area contributed by atoms with Gasteiger partial charge in [-0.3, -0.25) is 0 Å². The Morgan fingerprint density at radius 2 is 1.70 bits per heavy atom. The number of sulfonamides is 1. The monoisotopic (exact) mass is 469 g/mol. The van der Waals surface area contributed by atoms with E-state index >= 15 is 0 Å². The van der Waals surface area contributed by atoms with Crippen molar-refractivity contribution in [1.82, 2.24) is 4.31 Å². The van der Waals surface area contributed by atoms with Gasteiger partial charge in [-0.1, -0.05) is 24.6 Å². The van der Waals surface area contributed by atoms with Crippen LogP contribution in [-0.4, -0.2) is 31.8 Å². The molecule has 33 heavy (non-hydrogen) atoms. The van der Waals surface area contributed by atoms with E-state index in [2.05, 4.69) is 0 Å². The van der Waals surface area contributed by atoms with Crippen LogP contribution in [0.2, 0.25) is 0 Å². The molecule has 0 aliphatic carbocycles. The van der Waals surface area contributed by atoms with E-state index in [9.17, 15) is 18.0 Å².